The zero-order valence-corrected chi connectivity index (χ0v) is 18.6. The summed E-state index contributed by atoms with van der Waals surface area (Å²) in [6.07, 6.45) is 7.86. The van der Waals surface area contributed by atoms with E-state index in [1.165, 1.54) is 4.90 Å². The second-order valence-electron chi connectivity index (χ2n) is 7.18. The summed E-state index contributed by atoms with van der Waals surface area (Å²) in [5.41, 5.74) is 1.41. The van der Waals surface area contributed by atoms with E-state index in [4.69, 9.17) is 4.84 Å². The lowest BCUT2D eigenvalue weighted by Crippen LogP contribution is -2.18. The van der Waals surface area contributed by atoms with E-state index in [2.05, 4.69) is 28.2 Å². The Bertz CT molecular complexity index is 954. The van der Waals surface area contributed by atoms with Gasteiger partial charge in [-0.3, -0.25) is 14.9 Å². The minimum absolute atomic E-state index is 0.208. The van der Waals surface area contributed by atoms with Gasteiger partial charge in [0.15, 0.2) is 0 Å². The molecule has 1 amide bonds. The van der Waals surface area contributed by atoms with Gasteiger partial charge in [-0.1, -0.05) is 61.7 Å². The van der Waals surface area contributed by atoms with Gasteiger partial charge in [0.2, 0.25) is 5.78 Å². The number of nitrogens with one attached hydrogen (secondary N) is 1. The zero-order chi connectivity index (χ0) is 21.9. The average molecular weight is 437 g/mol. The van der Waals surface area contributed by atoms with Crippen LogP contribution in [0.15, 0.2) is 87.6 Å². The summed E-state index contributed by atoms with van der Waals surface area (Å²) in [5, 5.41) is 10.9. The number of hydrogen-bond donors (Lipinski definition) is 2. The Morgan fingerprint density at radius 2 is 1.65 bits per heavy atom. The number of para-hydroxylation sites is 1. The largest absolute Gasteiger partial charge is 0.437 e. The van der Waals surface area contributed by atoms with Crippen LogP contribution >= 0.6 is 10.9 Å². The molecule has 1 aliphatic rings. The van der Waals surface area contributed by atoms with Crippen molar-refractivity contribution in [3.63, 3.8) is 0 Å². The Balaban J connectivity index is 1.68. The Kier molecular flexibility index (Phi) is 8.67. The summed E-state index contributed by atoms with van der Waals surface area (Å²) < 4.78 is 0. The molecule has 0 saturated heterocycles. The van der Waals surface area contributed by atoms with Crippen molar-refractivity contribution in [3.05, 3.63) is 83.1 Å². The smallest absolute Gasteiger partial charge is 0.297 e. The molecule has 0 saturated carbocycles. The first-order chi connectivity index (χ1) is 15.2. The van der Waals surface area contributed by atoms with Crippen LogP contribution in [-0.4, -0.2) is 17.6 Å². The summed E-state index contributed by atoms with van der Waals surface area (Å²) in [6.45, 7) is 2.13. The first kappa shape index (κ1) is 22.6. The lowest BCUT2D eigenvalue weighted by molar-refractivity contribution is 0.105. The Morgan fingerprint density at radius 3 is 2.32 bits per heavy atom. The number of benzene rings is 2. The van der Waals surface area contributed by atoms with E-state index >= 15 is 0 Å². The van der Waals surface area contributed by atoms with Crippen molar-refractivity contribution in [2.24, 2.45) is 5.16 Å². The second kappa shape index (κ2) is 11.9. The first-order valence-corrected chi connectivity index (χ1v) is 12.0. The van der Waals surface area contributed by atoms with Crippen LogP contribution in [0.3, 0.4) is 0 Å². The molecule has 31 heavy (non-hydrogen) atoms. The molecular weight excluding hydrogens is 408 g/mol. The summed E-state index contributed by atoms with van der Waals surface area (Å²) in [6, 6.07) is 16.6. The average Bonchev–Trinajstić information content (AvgIpc) is 3.34. The molecule has 0 aromatic heterocycles. The van der Waals surface area contributed by atoms with E-state index in [0.717, 1.165) is 25.7 Å². The number of ketones is 1. The van der Waals surface area contributed by atoms with E-state index in [9.17, 15) is 9.59 Å². The van der Waals surface area contributed by atoms with E-state index in [0.29, 0.717) is 17.7 Å². The van der Waals surface area contributed by atoms with Crippen molar-refractivity contribution in [2.75, 3.05) is 5.32 Å². The third-order valence-corrected chi connectivity index (χ3v) is 6.70. The molecule has 2 aromatic rings. The first-order valence-electron chi connectivity index (χ1n) is 10.6. The van der Waals surface area contributed by atoms with Crippen LogP contribution in [-0.2, 0) is 4.84 Å². The van der Waals surface area contributed by atoms with Crippen LogP contribution in [0.2, 0.25) is 0 Å². The van der Waals surface area contributed by atoms with Crippen molar-refractivity contribution in [1.29, 1.82) is 0 Å². The summed E-state index contributed by atoms with van der Waals surface area (Å²) in [4.78, 5) is 31.3. The molecule has 0 bridgehead atoms. The van der Waals surface area contributed by atoms with Crippen molar-refractivity contribution in [2.45, 2.75) is 43.9 Å². The van der Waals surface area contributed by atoms with Gasteiger partial charge in [0.25, 0.3) is 0 Å². The highest BCUT2D eigenvalue weighted by Gasteiger charge is 2.17. The van der Waals surface area contributed by atoms with Crippen LogP contribution in [0, 0.1) is 0 Å². The molecule has 2 aromatic carbocycles. The molecule has 0 unspecified atom stereocenters. The summed E-state index contributed by atoms with van der Waals surface area (Å²) in [7, 11) is -0.421. The number of allylic oxidation sites excluding steroid dienone is 2. The third kappa shape index (κ3) is 6.96. The van der Waals surface area contributed by atoms with Crippen LogP contribution < -0.4 is 5.32 Å². The van der Waals surface area contributed by atoms with Crippen LogP contribution in [0.4, 0.5) is 10.5 Å². The maximum absolute atomic E-state index is 13.0. The maximum atomic E-state index is 13.0. The number of carbonyl (C=O) groups is 2. The highest BCUT2D eigenvalue weighted by atomic mass is 32.2. The van der Waals surface area contributed by atoms with Crippen molar-refractivity contribution >= 4 is 34.2 Å². The molecule has 1 aliphatic heterocycles. The highest BCUT2D eigenvalue weighted by Crippen LogP contribution is 2.41. The number of oxime groups is 1. The van der Waals surface area contributed by atoms with Gasteiger partial charge in [0.05, 0.1) is 0 Å². The molecule has 3 rings (SSSR count). The van der Waals surface area contributed by atoms with Gasteiger partial charge in [-0.25, -0.2) is 4.79 Å². The van der Waals surface area contributed by atoms with Gasteiger partial charge in [-0.05, 0) is 65.0 Å². The number of unbranched alkanes of at least 4 members (excludes halogenated alkanes) is 3. The second-order valence-corrected chi connectivity index (χ2v) is 9.11. The molecule has 1 N–H and O–H groups in total. The number of carbonyl (C=O) groups excluding carboxylic acids is 2. The molecule has 0 spiro atoms. The number of rotatable bonds is 10. The topological polar surface area (TPSA) is 67.8 Å². The van der Waals surface area contributed by atoms with E-state index in [1.54, 1.807) is 12.1 Å². The normalized spacial score (nSPS) is 14.0. The Hall–Kier alpha value is -3.12. The van der Waals surface area contributed by atoms with Gasteiger partial charge >= 0.3 is 6.09 Å². The van der Waals surface area contributed by atoms with E-state index in [1.807, 2.05) is 54.6 Å². The Morgan fingerprint density at radius 1 is 0.935 bits per heavy atom. The number of anilines is 1. The fourth-order valence-corrected chi connectivity index (χ4v) is 4.64. The fourth-order valence-electron chi connectivity index (χ4n) is 3.14. The van der Waals surface area contributed by atoms with Gasteiger partial charge in [0, 0.05) is 11.3 Å². The monoisotopic (exact) mass is 436 g/mol. The number of hydrogen-bond acceptors (Lipinski definition) is 4. The van der Waals surface area contributed by atoms with Crippen molar-refractivity contribution < 1.29 is 14.4 Å². The van der Waals surface area contributed by atoms with Crippen LogP contribution in [0.1, 0.15) is 49.4 Å². The minimum atomic E-state index is -0.719. The van der Waals surface area contributed by atoms with E-state index in [-0.39, 0.29) is 11.5 Å². The number of Topliss-reactive ketones (excluding diaryl/α,β-unsaturated/α-hetero) is 1. The number of thiol groups is 1. The molecule has 5 nitrogen and oxygen atoms in total. The van der Waals surface area contributed by atoms with E-state index < -0.39 is 17.0 Å². The van der Waals surface area contributed by atoms with Crippen molar-refractivity contribution in [1.82, 2.24) is 0 Å². The quantitative estimate of drug-likeness (QED) is 0.107. The third-order valence-electron chi connectivity index (χ3n) is 4.82. The molecule has 0 atom stereocenters. The Labute approximate surface area is 186 Å². The molecular formula is C25H28N2O3S. The fraction of sp³-hybridized carbons (Fsp3) is 0.240. The molecule has 0 aliphatic carbocycles. The zero-order valence-electron chi connectivity index (χ0n) is 17.7. The predicted molar refractivity (Wildman–Crippen MR) is 129 cm³/mol. The van der Waals surface area contributed by atoms with Gasteiger partial charge < -0.3 is 0 Å². The molecule has 0 radical (unpaired) electrons. The highest BCUT2D eigenvalue weighted by molar-refractivity contribution is 8.22. The lowest BCUT2D eigenvalue weighted by atomic mass is 10.0. The molecule has 1 heterocycles. The lowest BCUT2D eigenvalue weighted by Gasteiger charge is -2.11. The molecule has 0 fully saturated rings. The summed E-state index contributed by atoms with van der Waals surface area (Å²) in [5.74, 6) is -0.208. The minimum Gasteiger partial charge on any atom is -0.297 e. The summed E-state index contributed by atoms with van der Waals surface area (Å²) >= 11 is 0. The van der Waals surface area contributed by atoms with Gasteiger partial charge in [0.1, 0.15) is 5.71 Å². The predicted octanol–water partition coefficient (Wildman–Crippen LogP) is 6.85. The van der Waals surface area contributed by atoms with Crippen molar-refractivity contribution in [3.8, 4) is 0 Å². The SMILES string of the molecule is CCCCCCC(=NOC(=O)Nc1ccccc1)C(=O)c1ccc([SH]2C=CC=C2)cc1. The van der Waals surface area contributed by atoms with Gasteiger partial charge in [-0.15, -0.1) is 0 Å². The van der Waals surface area contributed by atoms with Crippen LogP contribution in [0.5, 0.6) is 0 Å². The molecule has 6 heteroatoms. The standard InChI is InChI=1S/C25H28N2O3S/c1-2-3-4-8-13-23(27-30-25(29)26-21-11-6-5-7-12-21)24(28)20-14-16-22(17-15-20)31-18-9-10-19-31/h5-7,9-12,14-19,31H,2-4,8,13H2,1H3,(H,26,29). The molecule has 162 valence electrons. The number of nitrogens with zero attached hydrogens (tertiary/aromatic N) is 1. The maximum Gasteiger partial charge on any atom is 0.437 e. The van der Waals surface area contributed by atoms with Crippen LogP contribution in [0.25, 0.3) is 0 Å². The number of amides is 1. The van der Waals surface area contributed by atoms with Gasteiger partial charge in [-0.2, -0.15) is 10.9 Å².